The summed E-state index contributed by atoms with van der Waals surface area (Å²) in [6, 6.07) is 13.2. The first-order valence-electron chi connectivity index (χ1n) is 9.80. The van der Waals surface area contributed by atoms with E-state index in [0.717, 1.165) is 44.6 Å². The number of nitrogens with one attached hydrogen (secondary N) is 2. The van der Waals surface area contributed by atoms with Gasteiger partial charge in [-0.15, -0.1) is 0 Å². The summed E-state index contributed by atoms with van der Waals surface area (Å²) in [4.78, 5) is 26.4. The number of hydrogen-bond donors (Lipinski definition) is 2. The summed E-state index contributed by atoms with van der Waals surface area (Å²) in [5.41, 5.74) is 1.04. The van der Waals surface area contributed by atoms with E-state index < -0.39 is 17.5 Å². The first-order chi connectivity index (χ1) is 14.0. The molecule has 1 aliphatic rings. The highest BCUT2D eigenvalue weighted by Gasteiger charge is 2.20. The van der Waals surface area contributed by atoms with Gasteiger partial charge in [-0.2, -0.15) is 0 Å². The fourth-order valence-electron chi connectivity index (χ4n) is 3.44. The SMILES string of the molecule is O=C(CCNC(=O)c1ccc(F)cc1F)NC1CCN(Cc2ccccc2)CC1. The van der Waals surface area contributed by atoms with Crippen molar-refractivity contribution in [2.45, 2.75) is 31.8 Å². The van der Waals surface area contributed by atoms with Crippen molar-refractivity contribution in [2.24, 2.45) is 0 Å². The largest absolute Gasteiger partial charge is 0.353 e. The Kier molecular flexibility index (Phi) is 7.30. The molecule has 154 valence electrons. The first-order valence-corrected chi connectivity index (χ1v) is 9.80. The fourth-order valence-corrected chi connectivity index (χ4v) is 3.44. The van der Waals surface area contributed by atoms with Crippen LogP contribution in [0.3, 0.4) is 0 Å². The summed E-state index contributed by atoms with van der Waals surface area (Å²) in [5, 5.41) is 5.49. The zero-order chi connectivity index (χ0) is 20.6. The van der Waals surface area contributed by atoms with Crippen LogP contribution < -0.4 is 10.6 Å². The van der Waals surface area contributed by atoms with Crippen molar-refractivity contribution in [3.05, 3.63) is 71.3 Å². The minimum absolute atomic E-state index is 0.0916. The topological polar surface area (TPSA) is 61.4 Å². The van der Waals surface area contributed by atoms with E-state index >= 15 is 0 Å². The van der Waals surface area contributed by atoms with Crippen molar-refractivity contribution in [2.75, 3.05) is 19.6 Å². The Balaban J connectivity index is 1.34. The molecule has 1 heterocycles. The van der Waals surface area contributed by atoms with Gasteiger partial charge in [0.05, 0.1) is 5.56 Å². The number of piperidine rings is 1. The van der Waals surface area contributed by atoms with E-state index in [1.807, 2.05) is 18.2 Å². The van der Waals surface area contributed by atoms with Crippen molar-refractivity contribution in [3.63, 3.8) is 0 Å². The van der Waals surface area contributed by atoms with Gasteiger partial charge < -0.3 is 10.6 Å². The molecule has 2 aromatic rings. The minimum Gasteiger partial charge on any atom is -0.353 e. The standard InChI is InChI=1S/C22H25F2N3O2/c23-17-6-7-19(20(24)14-17)22(29)25-11-8-21(28)26-18-9-12-27(13-10-18)15-16-4-2-1-3-5-16/h1-7,14,18H,8-13,15H2,(H,25,29)(H,26,28). The van der Waals surface area contributed by atoms with Gasteiger partial charge in [0.1, 0.15) is 11.6 Å². The third-order valence-corrected chi connectivity index (χ3v) is 5.02. The van der Waals surface area contributed by atoms with E-state index in [0.29, 0.717) is 6.07 Å². The second-order valence-corrected chi connectivity index (χ2v) is 7.23. The van der Waals surface area contributed by atoms with Gasteiger partial charge in [0.2, 0.25) is 5.91 Å². The molecule has 0 atom stereocenters. The third kappa shape index (κ3) is 6.35. The van der Waals surface area contributed by atoms with Crippen LogP contribution in [0.2, 0.25) is 0 Å². The molecule has 0 radical (unpaired) electrons. The molecule has 7 heteroatoms. The molecular formula is C22H25F2N3O2. The van der Waals surface area contributed by atoms with Gasteiger partial charge in [-0.3, -0.25) is 14.5 Å². The predicted molar refractivity (Wildman–Crippen MR) is 106 cm³/mol. The zero-order valence-corrected chi connectivity index (χ0v) is 16.2. The Morgan fingerprint density at radius 2 is 1.76 bits per heavy atom. The number of carbonyl (C=O) groups excluding carboxylic acids is 2. The number of hydrogen-bond acceptors (Lipinski definition) is 3. The van der Waals surface area contributed by atoms with Crippen LogP contribution in [0, 0.1) is 11.6 Å². The highest BCUT2D eigenvalue weighted by atomic mass is 19.1. The highest BCUT2D eigenvalue weighted by Crippen LogP contribution is 2.14. The number of amides is 2. The molecule has 0 aliphatic carbocycles. The molecule has 29 heavy (non-hydrogen) atoms. The van der Waals surface area contributed by atoms with Crippen molar-refractivity contribution >= 4 is 11.8 Å². The Morgan fingerprint density at radius 1 is 1.03 bits per heavy atom. The smallest absolute Gasteiger partial charge is 0.254 e. The molecule has 2 aromatic carbocycles. The van der Waals surface area contributed by atoms with Gasteiger partial charge in [0, 0.05) is 44.7 Å². The van der Waals surface area contributed by atoms with Crippen LogP contribution in [0.15, 0.2) is 48.5 Å². The number of benzene rings is 2. The number of rotatable bonds is 7. The Morgan fingerprint density at radius 3 is 2.45 bits per heavy atom. The molecule has 0 aromatic heterocycles. The number of nitrogens with zero attached hydrogens (tertiary/aromatic N) is 1. The van der Waals surface area contributed by atoms with Crippen molar-refractivity contribution in [3.8, 4) is 0 Å². The molecule has 5 nitrogen and oxygen atoms in total. The monoisotopic (exact) mass is 401 g/mol. The van der Waals surface area contributed by atoms with Crippen LogP contribution in [0.1, 0.15) is 35.2 Å². The third-order valence-electron chi connectivity index (χ3n) is 5.02. The lowest BCUT2D eigenvalue weighted by molar-refractivity contribution is -0.122. The van der Waals surface area contributed by atoms with Crippen LogP contribution >= 0.6 is 0 Å². The molecule has 0 spiro atoms. The van der Waals surface area contributed by atoms with Crippen molar-refractivity contribution in [1.29, 1.82) is 0 Å². The molecule has 1 fully saturated rings. The number of likely N-dealkylation sites (tertiary alicyclic amines) is 1. The van der Waals surface area contributed by atoms with Gasteiger partial charge in [0.25, 0.3) is 5.91 Å². The van der Waals surface area contributed by atoms with Gasteiger partial charge in [-0.05, 0) is 30.5 Å². The van der Waals surface area contributed by atoms with Crippen LogP contribution in [0.25, 0.3) is 0 Å². The fraction of sp³-hybridized carbons (Fsp3) is 0.364. The van der Waals surface area contributed by atoms with E-state index in [9.17, 15) is 18.4 Å². The van der Waals surface area contributed by atoms with Gasteiger partial charge >= 0.3 is 0 Å². The van der Waals surface area contributed by atoms with E-state index in [2.05, 4.69) is 27.7 Å². The molecule has 3 rings (SSSR count). The van der Waals surface area contributed by atoms with Gasteiger partial charge in [0.15, 0.2) is 0 Å². The predicted octanol–water partition coefficient (Wildman–Crippen LogP) is 2.87. The first kappa shape index (κ1) is 20.9. The lowest BCUT2D eigenvalue weighted by Crippen LogP contribution is -2.45. The molecular weight excluding hydrogens is 376 g/mol. The quantitative estimate of drug-likeness (QED) is 0.750. The number of carbonyl (C=O) groups is 2. The molecule has 2 amide bonds. The maximum absolute atomic E-state index is 13.6. The summed E-state index contributed by atoms with van der Waals surface area (Å²) in [7, 11) is 0. The van der Waals surface area contributed by atoms with Gasteiger partial charge in [-0.25, -0.2) is 8.78 Å². The highest BCUT2D eigenvalue weighted by molar-refractivity contribution is 5.94. The summed E-state index contributed by atoms with van der Waals surface area (Å²) in [6.07, 6.45) is 1.87. The second kappa shape index (κ2) is 10.1. The van der Waals surface area contributed by atoms with Crippen molar-refractivity contribution < 1.29 is 18.4 Å². The lowest BCUT2D eigenvalue weighted by atomic mass is 10.0. The second-order valence-electron chi connectivity index (χ2n) is 7.23. The Labute approximate surface area is 169 Å². The molecule has 1 saturated heterocycles. The van der Waals surface area contributed by atoms with Crippen LogP contribution in [-0.4, -0.2) is 42.4 Å². The Bertz CT molecular complexity index is 837. The summed E-state index contributed by atoms with van der Waals surface area (Å²) >= 11 is 0. The Hall–Kier alpha value is -2.80. The zero-order valence-electron chi connectivity index (χ0n) is 16.2. The minimum atomic E-state index is -0.922. The van der Waals surface area contributed by atoms with E-state index in [4.69, 9.17) is 0 Å². The average molecular weight is 401 g/mol. The van der Waals surface area contributed by atoms with Crippen LogP contribution in [0.4, 0.5) is 8.78 Å². The average Bonchev–Trinajstić information content (AvgIpc) is 2.70. The lowest BCUT2D eigenvalue weighted by Gasteiger charge is -2.32. The molecule has 0 unspecified atom stereocenters. The molecule has 2 N–H and O–H groups in total. The maximum atomic E-state index is 13.6. The molecule has 0 bridgehead atoms. The molecule has 1 aliphatic heterocycles. The van der Waals surface area contributed by atoms with E-state index in [1.54, 1.807) is 0 Å². The number of halogens is 2. The van der Waals surface area contributed by atoms with E-state index in [1.165, 1.54) is 5.56 Å². The van der Waals surface area contributed by atoms with Gasteiger partial charge in [-0.1, -0.05) is 30.3 Å². The normalized spacial score (nSPS) is 15.1. The maximum Gasteiger partial charge on any atom is 0.254 e. The van der Waals surface area contributed by atoms with Crippen molar-refractivity contribution in [1.82, 2.24) is 15.5 Å². The summed E-state index contributed by atoms with van der Waals surface area (Å²) < 4.78 is 26.5. The van der Waals surface area contributed by atoms with Crippen LogP contribution in [0.5, 0.6) is 0 Å². The van der Waals surface area contributed by atoms with E-state index in [-0.39, 0.29) is 30.5 Å². The summed E-state index contributed by atoms with van der Waals surface area (Å²) in [5.74, 6) is -2.47. The molecule has 0 saturated carbocycles. The summed E-state index contributed by atoms with van der Waals surface area (Å²) in [6.45, 7) is 2.84. The van der Waals surface area contributed by atoms with Crippen LogP contribution in [-0.2, 0) is 11.3 Å².